The molecule has 0 atom stereocenters. The molecular weight excluding hydrogens is 466 g/mol. The number of aryl methyl sites for hydroxylation is 2. The number of anilines is 1. The van der Waals surface area contributed by atoms with Crippen molar-refractivity contribution in [3.8, 4) is 0 Å². The van der Waals surface area contributed by atoms with Crippen LogP contribution in [0.3, 0.4) is 0 Å². The van der Waals surface area contributed by atoms with E-state index in [4.69, 9.17) is 11.6 Å². The summed E-state index contributed by atoms with van der Waals surface area (Å²) in [5, 5.41) is 0.140. The second kappa shape index (κ2) is 9.05. The summed E-state index contributed by atoms with van der Waals surface area (Å²) in [4.78, 5) is 14.5. The number of hydrogen-bond acceptors (Lipinski definition) is 4. The van der Waals surface area contributed by atoms with E-state index in [0.717, 1.165) is 10.4 Å². The Hall–Kier alpha value is -2.68. The summed E-state index contributed by atoms with van der Waals surface area (Å²) >= 11 is 7.58. The predicted octanol–water partition coefficient (Wildman–Crippen LogP) is 5.45. The van der Waals surface area contributed by atoms with Crippen LogP contribution in [0, 0.1) is 0 Å². The second-order valence-corrected chi connectivity index (χ2v) is 10.2. The van der Waals surface area contributed by atoms with Gasteiger partial charge in [-0.2, -0.15) is 0 Å². The lowest BCUT2D eigenvalue weighted by atomic mass is 10.2. The Morgan fingerprint density at radius 1 is 0.906 bits per heavy atom. The lowest BCUT2D eigenvalue weighted by Crippen LogP contribution is -2.23. The van der Waals surface area contributed by atoms with Crippen molar-refractivity contribution in [2.75, 3.05) is 4.72 Å². The number of imidazole rings is 1. The fourth-order valence-electron chi connectivity index (χ4n) is 3.60. The highest BCUT2D eigenvalue weighted by Gasteiger charge is 2.22. The molecule has 0 aliphatic rings. The van der Waals surface area contributed by atoms with Crippen molar-refractivity contribution in [3.63, 3.8) is 0 Å². The molecule has 0 aliphatic carbocycles. The molecule has 166 valence electrons. The topological polar surface area (TPSA) is 73.1 Å². The number of nitrogens with one attached hydrogen (secondary N) is 1. The van der Waals surface area contributed by atoms with E-state index in [-0.39, 0.29) is 15.6 Å². The van der Waals surface area contributed by atoms with Gasteiger partial charge >= 0.3 is 5.69 Å². The zero-order valence-electron chi connectivity index (χ0n) is 17.6. The molecule has 1 heterocycles. The molecule has 4 rings (SSSR count). The third kappa shape index (κ3) is 4.18. The van der Waals surface area contributed by atoms with Crippen molar-refractivity contribution in [1.82, 2.24) is 9.13 Å². The van der Waals surface area contributed by atoms with Gasteiger partial charge in [0.25, 0.3) is 10.0 Å². The molecule has 6 nitrogen and oxygen atoms in total. The van der Waals surface area contributed by atoms with Gasteiger partial charge in [-0.3, -0.25) is 13.9 Å². The smallest absolute Gasteiger partial charge is 0.292 e. The summed E-state index contributed by atoms with van der Waals surface area (Å²) in [7, 11) is -3.95. The largest absolute Gasteiger partial charge is 0.329 e. The van der Waals surface area contributed by atoms with E-state index in [2.05, 4.69) is 4.72 Å². The van der Waals surface area contributed by atoms with Crippen molar-refractivity contribution in [2.24, 2.45) is 0 Å². The van der Waals surface area contributed by atoms with Crippen molar-refractivity contribution >= 4 is 50.1 Å². The lowest BCUT2D eigenvalue weighted by Gasteiger charge is -2.14. The fourth-order valence-corrected chi connectivity index (χ4v) is 6.19. The van der Waals surface area contributed by atoms with E-state index in [1.165, 1.54) is 23.9 Å². The van der Waals surface area contributed by atoms with Gasteiger partial charge in [-0.05, 0) is 50.2 Å². The zero-order valence-corrected chi connectivity index (χ0v) is 20.0. The van der Waals surface area contributed by atoms with Gasteiger partial charge in [0.1, 0.15) is 4.90 Å². The van der Waals surface area contributed by atoms with Gasteiger partial charge in [-0.1, -0.05) is 53.7 Å². The number of fused-ring (bicyclic) bond motifs is 1. The molecule has 0 spiro atoms. The van der Waals surface area contributed by atoms with Crippen molar-refractivity contribution < 1.29 is 8.42 Å². The average molecular weight is 488 g/mol. The van der Waals surface area contributed by atoms with Gasteiger partial charge in [0.05, 0.1) is 21.7 Å². The van der Waals surface area contributed by atoms with Gasteiger partial charge in [0, 0.05) is 22.9 Å². The maximum atomic E-state index is 13.2. The molecule has 1 N–H and O–H groups in total. The number of rotatable bonds is 7. The Labute approximate surface area is 195 Å². The Balaban J connectivity index is 1.92. The number of halogens is 1. The van der Waals surface area contributed by atoms with Crippen molar-refractivity contribution in [2.45, 2.75) is 41.6 Å². The van der Waals surface area contributed by atoms with Crippen LogP contribution in [0.15, 0.2) is 86.2 Å². The molecule has 0 bridgehead atoms. The number of nitrogens with zero attached hydrogens (tertiary/aromatic N) is 2. The molecule has 1 aromatic heterocycles. The number of benzene rings is 3. The maximum absolute atomic E-state index is 13.2. The molecule has 0 unspecified atom stereocenters. The minimum Gasteiger partial charge on any atom is -0.292 e. The van der Waals surface area contributed by atoms with Crippen LogP contribution in [-0.4, -0.2) is 17.6 Å². The fraction of sp³-hybridized carbons (Fsp3) is 0.174. The van der Waals surface area contributed by atoms with Crippen LogP contribution in [0.4, 0.5) is 5.69 Å². The molecule has 32 heavy (non-hydrogen) atoms. The van der Waals surface area contributed by atoms with Gasteiger partial charge in [0.2, 0.25) is 0 Å². The van der Waals surface area contributed by atoms with Crippen molar-refractivity contribution in [3.05, 3.63) is 82.2 Å². The summed E-state index contributed by atoms with van der Waals surface area (Å²) in [5.41, 5.74) is 1.71. The minimum absolute atomic E-state index is 0.00330. The maximum Gasteiger partial charge on any atom is 0.329 e. The highest BCUT2D eigenvalue weighted by atomic mass is 35.5. The van der Waals surface area contributed by atoms with Gasteiger partial charge in [0.15, 0.2) is 0 Å². The van der Waals surface area contributed by atoms with E-state index >= 15 is 0 Å². The summed E-state index contributed by atoms with van der Waals surface area (Å²) in [6.45, 7) is 4.80. The molecule has 0 amide bonds. The first-order valence-electron chi connectivity index (χ1n) is 10.1. The van der Waals surface area contributed by atoms with Gasteiger partial charge in [-0.25, -0.2) is 13.2 Å². The van der Waals surface area contributed by atoms with Crippen LogP contribution in [-0.2, 0) is 23.1 Å². The SMILES string of the molecule is CCn1c(=O)n(CC)c2cc(Sc3ccccc3)c(NS(=O)(=O)c3ccccc3Cl)cc21. The number of sulfonamides is 1. The summed E-state index contributed by atoms with van der Waals surface area (Å²) in [6, 6.07) is 19.6. The van der Waals surface area contributed by atoms with Crippen molar-refractivity contribution in [1.29, 1.82) is 0 Å². The summed E-state index contributed by atoms with van der Waals surface area (Å²) in [6.07, 6.45) is 0. The zero-order chi connectivity index (χ0) is 22.9. The first kappa shape index (κ1) is 22.5. The highest BCUT2D eigenvalue weighted by molar-refractivity contribution is 7.99. The van der Waals surface area contributed by atoms with Crippen LogP contribution in [0.25, 0.3) is 11.0 Å². The lowest BCUT2D eigenvalue weighted by molar-refractivity contribution is 0.601. The molecule has 0 saturated heterocycles. The molecular formula is C23H22ClN3O3S2. The van der Waals surface area contributed by atoms with Gasteiger partial charge in [-0.15, -0.1) is 0 Å². The average Bonchev–Trinajstić information content (AvgIpc) is 3.04. The van der Waals surface area contributed by atoms with Crippen LogP contribution in [0.5, 0.6) is 0 Å². The summed E-state index contributed by atoms with van der Waals surface area (Å²) in [5.74, 6) is 0. The number of hydrogen-bond donors (Lipinski definition) is 1. The van der Waals surface area contributed by atoms with E-state index < -0.39 is 10.0 Å². The molecule has 0 saturated carbocycles. The molecule has 0 radical (unpaired) electrons. The number of aromatic nitrogens is 2. The highest BCUT2D eigenvalue weighted by Crippen LogP contribution is 2.38. The van der Waals surface area contributed by atoms with E-state index in [1.54, 1.807) is 27.3 Å². The molecule has 0 aliphatic heterocycles. The Morgan fingerprint density at radius 3 is 2.12 bits per heavy atom. The predicted molar refractivity (Wildman–Crippen MR) is 130 cm³/mol. The van der Waals surface area contributed by atoms with E-state index in [0.29, 0.717) is 29.2 Å². The van der Waals surface area contributed by atoms with E-state index in [9.17, 15) is 13.2 Å². The van der Waals surface area contributed by atoms with Crippen LogP contribution < -0.4 is 10.4 Å². The summed E-state index contributed by atoms with van der Waals surface area (Å²) < 4.78 is 32.4. The Morgan fingerprint density at radius 2 is 1.50 bits per heavy atom. The van der Waals surface area contributed by atoms with E-state index in [1.807, 2.05) is 50.2 Å². The van der Waals surface area contributed by atoms with Crippen LogP contribution >= 0.6 is 23.4 Å². The first-order chi connectivity index (χ1) is 15.4. The molecule has 0 fully saturated rings. The second-order valence-electron chi connectivity index (χ2n) is 7.06. The minimum atomic E-state index is -3.95. The third-order valence-electron chi connectivity index (χ3n) is 5.09. The Bertz CT molecular complexity index is 1440. The monoisotopic (exact) mass is 487 g/mol. The van der Waals surface area contributed by atoms with Crippen LogP contribution in [0.1, 0.15) is 13.8 Å². The standard InChI is InChI=1S/C23H22ClN3O3S2/c1-3-26-19-14-18(25-32(29,30)22-13-9-8-12-17(22)24)21(31-16-10-6-5-7-11-16)15-20(19)27(4-2)23(26)28/h5-15,25H,3-4H2,1-2H3. The first-order valence-corrected chi connectivity index (χ1v) is 12.8. The quantitative estimate of drug-likeness (QED) is 0.376. The molecule has 4 aromatic rings. The molecule has 3 aromatic carbocycles. The third-order valence-corrected chi connectivity index (χ3v) is 8.02. The van der Waals surface area contributed by atoms with Gasteiger partial charge < -0.3 is 0 Å². The molecule has 9 heteroatoms. The normalized spacial score (nSPS) is 11.7. The Kier molecular flexibility index (Phi) is 6.37. The van der Waals surface area contributed by atoms with Crippen LogP contribution in [0.2, 0.25) is 5.02 Å².